The van der Waals surface area contributed by atoms with Gasteiger partial charge in [0.2, 0.25) is 5.91 Å². The average molecular weight is 345 g/mol. The number of amides is 2. The Balaban J connectivity index is 1.72. The molecule has 1 fully saturated rings. The van der Waals surface area contributed by atoms with E-state index < -0.39 is 0 Å². The van der Waals surface area contributed by atoms with Gasteiger partial charge in [0.25, 0.3) is 5.91 Å². The van der Waals surface area contributed by atoms with Gasteiger partial charge in [0.05, 0.1) is 0 Å². The molecule has 2 heterocycles. The van der Waals surface area contributed by atoms with E-state index in [1.54, 1.807) is 48.5 Å². The van der Waals surface area contributed by atoms with Crippen LogP contribution in [0.5, 0.6) is 0 Å². The van der Waals surface area contributed by atoms with Gasteiger partial charge in [-0.15, -0.1) is 0 Å². The van der Waals surface area contributed by atoms with Crippen LogP contribution in [0.25, 0.3) is 11.4 Å². The highest BCUT2D eigenvalue weighted by atomic mass is 35.5. The summed E-state index contributed by atoms with van der Waals surface area (Å²) >= 11 is 5.88. The summed E-state index contributed by atoms with van der Waals surface area (Å²) in [6, 6.07) is 8.63. The number of aromatic nitrogens is 2. The van der Waals surface area contributed by atoms with Crippen LogP contribution in [0, 0.1) is 0 Å². The molecule has 1 unspecified atom stereocenters. The summed E-state index contributed by atoms with van der Waals surface area (Å²) in [6.07, 6.45) is 2.65. The monoisotopic (exact) mass is 344 g/mol. The minimum absolute atomic E-state index is 0.0610. The van der Waals surface area contributed by atoms with Crippen molar-refractivity contribution in [3.63, 3.8) is 0 Å². The molecule has 1 N–H and O–H groups in total. The van der Waals surface area contributed by atoms with Crippen LogP contribution in [0.1, 0.15) is 23.3 Å². The lowest BCUT2D eigenvalue weighted by Crippen LogP contribution is -2.48. The molecule has 1 aromatic heterocycles. The Morgan fingerprint density at radius 1 is 1.29 bits per heavy atom. The van der Waals surface area contributed by atoms with Gasteiger partial charge in [-0.1, -0.05) is 11.6 Å². The Bertz CT molecular complexity index is 763. The Morgan fingerprint density at radius 3 is 2.75 bits per heavy atom. The maximum atomic E-state index is 12.4. The Hall–Kier alpha value is -2.47. The van der Waals surface area contributed by atoms with Crippen molar-refractivity contribution in [1.29, 1.82) is 0 Å². The molecule has 1 aromatic carbocycles. The molecule has 3 rings (SSSR count). The van der Waals surface area contributed by atoms with E-state index in [0.29, 0.717) is 35.9 Å². The van der Waals surface area contributed by atoms with Gasteiger partial charge < -0.3 is 10.2 Å². The number of nitrogens with one attached hydrogen (secondary N) is 1. The maximum absolute atomic E-state index is 12.4. The van der Waals surface area contributed by atoms with Crippen molar-refractivity contribution in [2.24, 2.45) is 0 Å². The van der Waals surface area contributed by atoms with Crippen molar-refractivity contribution in [2.45, 2.75) is 18.9 Å². The first kappa shape index (κ1) is 16.4. The molecule has 1 aliphatic rings. The first-order valence-electron chi connectivity index (χ1n) is 7.67. The third kappa shape index (κ3) is 3.71. The zero-order valence-corrected chi connectivity index (χ0v) is 14.0. The van der Waals surface area contributed by atoms with E-state index in [9.17, 15) is 9.59 Å². The van der Waals surface area contributed by atoms with E-state index in [1.165, 1.54) is 0 Å². The number of hydrogen-bond donors (Lipinski definition) is 1. The topological polar surface area (TPSA) is 75.2 Å². The summed E-state index contributed by atoms with van der Waals surface area (Å²) in [5.41, 5.74) is 1.09. The van der Waals surface area contributed by atoms with Crippen LogP contribution in [0.4, 0.5) is 0 Å². The Labute approximate surface area is 144 Å². The molecule has 6 nitrogen and oxygen atoms in total. The lowest BCUT2D eigenvalue weighted by Gasteiger charge is -2.30. The van der Waals surface area contributed by atoms with Crippen molar-refractivity contribution >= 4 is 23.4 Å². The van der Waals surface area contributed by atoms with Crippen LogP contribution in [0.3, 0.4) is 0 Å². The van der Waals surface area contributed by atoms with Gasteiger partial charge in [-0.05, 0) is 36.8 Å². The van der Waals surface area contributed by atoms with Crippen LogP contribution in [0.15, 0.2) is 36.5 Å². The lowest BCUT2D eigenvalue weighted by molar-refractivity contribution is -0.132. The molecule has 0 bridgehead atoms. The molecule has 0 spiro atoms. The largest absolute Gasteiger partial charge is 0.346 e. The smallest absolute Gasteiger partial charge is 0.270 e. The molecule has 7 heteroatoms. The second-order valence-electron chi connectivity index (χ2n) is 5.76. The predicted octanol–water partition coefficient (Wildman–Crippen LogP) is 2.15. The highest BCUT2D eigenvalue weighted by Crippen LogP contribution is 2.18. The molecule has 2 aromatic rings. The molecule has 2 amide bonds. The van der Waals surface area contributed by atoms with E-state index in [4.69, 9.17) is 11.6 Å². The minimum atomic E-state index is -0.264. The van der Waals surface area contributed by atoms with Gasteiger partial charge in [-0.3, -0.25) is 9.59 Å². The molecule has 1 aliphatic heterocycles. The summed E-state index contributed by atoms with van der Waals surface area (Å²) < 4.78 is 0. The first-order chi connectivity index (χ1) is 11.5. The number of likely N-dealkylation sites (tertiary alicyclic amines) is 1. The van der Waals surface area contributed by atoms with Gasteiger partial charge in [0.15, 0.2) is 5.82 Å². The minimum Gasteiger partial charge on any atom is -0.346 e. The highest BCUT2D eigenvalue weighted by Gasteiger charge is 2.24. The highest BCUT2D eigenvalue weighted by molar-refractivity contribution is 6.30. The predicted molar refractivity (Wildman–Crippen MR) is 90.6 cm³/mol. The van der Waals surface area contributed by atoms with E-state index >= 15 is 0 Å². The number of hydrogen-bond acceptors (Lipinski definition) is 4. The standard InChI is InChI=1S/C17H17ClN4O2/c1-22-10-13(6-7-15(22)23)20-17(24)14-8-9-19-16(21-14)11-2-4-12(18)5-3-11/h2-5,8-9,13H,6-7,10H2,1H3,(H,20,24). The second-order valence-corrected chi connectivity index (χ2v) is 6.19. The number of nitrogens with zero attached hydrogens (tertiary/aromatic N) is 3. The number of benzene rings is 1. The normalized spacial score (nSPS) is 17.7. The molecule has 0 aliphatic carbocycles. The fraction of sp³-hybridized carbons (Fsp3) is 0.294. The molecule has 1 atom stereocenters. The number of carbonyl (C=O) groups excluding carboxylic acids is 2. The third-order valence-electron chi connectivity index (χ3n) is 3.95. The molecule has 0 radical (unpaired) electrons. The average Bonchev–Trinajstić information content (AvgIpc) is 2.59. The van der Waals surface area contributed by atoms with Crippen molar-refractivity contribution in [3.8, 4) is 11.4 Å². The fourth-order valence-electron chi connectivity index (χ4n) is 2.61. The van der Waals surface area contributed by atoms with Gasteiger partial charge >= 0.3 is 0 Å². The molecule has 24 heavy (non-hydrogen) atoms. The van der Waals surface area contributed by atoms with Crippen LogP contribution >= 0.6 is 11.6 Å². The van der Waals surface area contributed by atoms with Gasteiger partial charge in [-0.25, -0.2) is 9.97 Å². The molecule has 1 saturated heterocycles. The van der Waals surface area contributed by atoms with E-state index in [0.717, 1.165) is 5.56 Å². The summed E-state index contributed by atoms with van der Waals surface area (Å²) in [4.78, 5) is 34.1. The SMILES string of the molecule is CN1CC(NC(=O)c2ccnc(-c3ccc(Cl)cc3)n2)CCC1=O. The van der Waals surface area contributed by atoms with Crippen LogP contribution in [-0.2, 0) is 4.79 Å². The maximum Gasteiger partial charge on any atom is 0.270 e. The van der Waals surface area contributed by atoms with Gasteiger partial charge in [0, 0.05) is 42.8 Å². The van der Waals surface area contributed by atoms with Crippen molar-refractivity contribution in [1.82, 2.24) is 20.2 Å². The van der Waals surface area contributed by atoms with Crippen molar-refractivity contribution < 1.29 is 9.59 Å². The number of halogens is 1. The zero-order chi connectivity index (χ0) is 17.1. The van der Waals surface area contributed by atoms with Gasteiger partial charge in [0.1, 0.15) is 5.69 Å². The number of carbonyl (C=O) groups is 2. The zero-order valence-electron chi connectivity index (χ0n) is 13.2. The Morgan fingerprint density at radius 2 is 2.04 bits per heavy atom. The van der Waals surface area contributed by atoms with Gasteiger partial charge in [-0.2, -0.15) is 0 Å². The van der Waals surface area contributed by atoms with Crippen LogP contribution in [0.2, 0.25) is 5.02 Å². The number of piperidine rings is 1. The van der Waals surface area contributed by atoms with E-state index in [-0.39, 0.29) is 17.9 Å². The number of rotatable bonds is 3. The van der Waals surface area contributed by atoms with Crippen molar-refractivity contribution in [3.05, 3.63) is 47.2 Å². The van der Waals surface area contributed by atoms with Crippen molar-refractivity contribution in [2.75, 3.05) is 13.6 Å². The van der Waals surface area contributed by atoms with E-state index in [1.807, 2.05) is 0 Å². The van der Waals surface area contributed by atoms with Crippen LogP contribution in [-0.4, -0.2) is 46.3 Å². The third-order valence-corrected chi connectivity index (χ3v) is 4.20. The van der Waals surface area contributed by atoms with E-state index in [2.05, 4.69) is 15.3 Å². The summed E-state index contributed by atoms with van der Waals surface area (Å²) in [5, 5.41) is 3.56. The molecule has 0 saturated carbocycles. The lowest BCUT2D eigenvalue weighted by atomic mass is 10.1. The first-order valence-corrected chi connectivity index (χ1v) is 8.04. The fourth-order valence-corrected chi connectivity index (χ4v) is 2.74. The van der Waals surface area contributed by atoms with Crippen LogP contribution < -0.4 is 5.32 Å². The summed E-state index contributed by atoms with van der Waals surface area (Å²) in [7, 11) is 1.74. The Kier molecular flexibility index (Phi) is 4.76. The summed E-state index contributed by atoms with van der Waals surface area (Å²) in [5.74, 6) is 0.308. The molecular weight excluding hydrogens is 328 g/mol. The molecule has 124 valence electrons. The second kappa shape index (κ2) is 6.97. The quantitative estimate of drug-likeness (QED) is 0.925. The summed E-state index contributed by atoms with van der Waals surface area (Å²) in [6.45, 7) is 0.514. The molecular formula is C17H17ClN4O2. The number of likely N-dealkylation sites (N-methyl/N-ethyl adjacent to an activating group) is 1.